The van der Waals surface area contributed by atoms with Gasteiger partial charge in [0.05, 0.1) is 35.7 Å². The minimum Gasteiger partial charge on any atom is -0.379 e. The molecule has 0 aromatic carbocycles. The second kappa shape index (κ2) is 6.61. The summed E-state index contributed by atoms with van der Waals surface area (Å²) < 4.78 is 30.5. The van der Waals surface area contributed by atoms with Crippen LogP contribution >= 0.6 is 11.3 Å². The van der Waals surface area contributed by atoms with Gasteiger partial charge in [-0.2, -0.15) is 0 Å². The van der Waals surface area contributed by atoms with Gasteiger partial charge in [-0.25, -0.2) is 17.7 Å². The van der Waals surface area contributed by atoms with Crippen LogP contribution in [0.25, 0.3) is 0 Å². The van der Waals surface area contributed by atoms with Crippen LogP contribution < -0.4 is 5.32 Å². The molecule has 0 bridgehead atoms. The van der Waals surface area contributed by atoms with Crippen LogP contribution in [0.1, 0.15) is 20.4 Å². The lowest BCUT2D eigenvalue weighted by atomic mass is 10.1. The third-order valence-corrected chi connectivity index (χ3v) is 6.64. The molecule has 124 valence electrons. The van der Waals surface area contributed by atoms with Crippen LogP contribution in [0.4, 0.5) is 0 Å². The second-order valence-corrected chi connectivity index (χ2v) is 9.02. The second-order valence-electron chi connectivity index (χ2n) is 5.59. The lowest BCUT2D eigenvalue weighted by Crippen LogP contribution is -2.43. The maximum absolute atomic E-state index is 12.3. The summed E-state index contributed by atoms with van der Waals surface area (Å²) in [7, 11) is -0.322. The molecule has 1 saturated heterocycles. The number of carbonyl (C=O) groups is 1. The summed E-state index contributed by atoms with van der Waals surface area (Å²) in [5.41, 5.74) is 0.691. The van der Waals surface area contributed by atoms with Crippen LogP contribution in [0.3, 0.4) is 0 Å². The minimum absolute atomic E-state index is 0.0361. The van der Waals surface area contributed by atoms with Crippen LogP contribution in [-0.4, -0.2) is 62.7 Å². The Morgan fingerprint density at radius 2 is 2.09 bits per heavy atom. The third kappa shape index (κ3) is 3.83. The van der Waals surface area contributed by atoms with E-state index in [9.17, 15) is 13.2 Å². The van der Waals surface area contributed by atoms with Gasteiger partial charge in [0.15, 0.2) is 0 Å². The fraction of sp³-hybridized carbons (Fsp3) is 0.692. The molecule has 1 aromatic rings. The van der Waals surface area contributed by atoms with Crippen molar-refractivity contribution in [3.63, 3.8) is 0 Å². The zero-order chi connectivity index (χ0) is 16.5. The average molecular weight is 347 g/mol. The van der Waals surface area contributed by atoms with E-state index in [1.807, 2.05) is 6.92 Å². The van der Waals surface area contributed by atoms with Gasteiger partial charge in [0.2, 0.25) is 10.0 Å². The van der Waals surface area contributed by atoms with E-state index in [0.29, 0.717) is 23.8 Å². The first-order valence-corrected chi connectivity index (χ1v) is 9.36. The molecule has 0 spiro atoms. The molecular formula is C13H21N3O4S2. The van der Waals surface area contributed by atoms with Crippen molar-refractivity contribution in [2.24, 2.45) is 5.92 Å². The van der Waals surface area contributed by atoms with Gasteiger partial charge in [-0.05, 0) is 13.8 Å². The molecule has 1 aliphatic rings. The van der Waals surface area contributed by atoms with Crippen LogP contribution in [0.5, 0.6) is 0 Å². The number of nitrogens with one attached hydrogen (secondary N) is 1. The van der Waals surface area contributed by atoms with Crippen molar-refractivity contribution in [1.29, 1.82) is 0 Å². The van der Waals surface area contributed by atoms with Crippen LogP contribution in [0, 0.1) is 19.8 Å². The number of nitrogens with zero attached hydrogens (tertiary/aromatic N) is 2. The van der Waals surface area contributed by atoms with Gasteiger partial charge in [-0.1, -0.05) is 0 Å². The van der Waals surface area contributed by atoms with Gasteiger partial charge >= 0.3 is 0 Å². The van der Waals surface area contributed by atoms with E-state index in [1.165, 1.54) is 29.7 Å². The molecule has 1 amide bonds. The molecular weight excluding hydrogens is 326 g/mol. The maximum atomic E-state index is 12.3. The summed E-state index contributed by atoms with van der Waals surface area (Å²) >= 11 is 1.33. The molecule has 1 aliphatic heterocycles. The Balaban J connectivity index is 2.05. The molecule has 0 saturated carbocycles. The monoisotopic (exact) mass is 347 g/mol. The van der Waals surface area contributed by atoms with Crippen molar-refractivity contribution >= 4 is 27.3 Å². The van der Waals surface area contributed by atoms with Crippen molar-refractivity contribution < 1.29 is 17.9 Å². The summed E-state index contributed by atoms with van der Waals surface area (Å²) in [5, 5.41) is 3.72. The lowest BCUT2D eigenvalue weighted by molar-refractivity contribution is 0.0929. The van der Waals surface area contributed by atoms with E-state index < -0.39 is 10.0 Å². The Morgan fingerprint density at radius 1 is 1.41 bits per heavy atom. The molecule has 2 heterocycles. The molecule has 1 aromatic heterocycles. The number of ether oxygens (including phenoxy) is 1. The minimum atomic E-state index is -3.33. The Labute approximate surface area is 134 Å². The summed E-state index contributed by atoms with van der Waals surface area (Å²) in [6.45, 7) is 4.30. The van der Waals surface area contributed by atoms with Gasteiger partial charge < -0.3 is 10.1 Å². The van der Waals surface area contributed by atoms with Crippen molar-refractivity contribution in [2.45, 2.75) is 19.9 Å². The first-order chi connectivity index (χ1) is 10.2. The van der Waals surface area contributed by atoms with E-state index in [-0.39, 0.29) is 23.6 Å². The van der Waals surface area contributed by atoms with Crippen molar-refractivity contribution in [3.05, 3.63) is 15.6 Å². The van der Waals surface area contributed by atoms with Crippen molar-refractivity contribution in [3.8, 4) is 0 Å². The Morgan fingerprint density at radius 3 is 2.64 bits per heavy atom. The highest BCUT2D eigenvalue weighted by atomic mass is 32.2. The van der Waals surface area contributed by atoms with Gasteiger partial charge in [-0.3, -0.25) is 4.79 Å². The Hall–Kier alpha value is -1.03. The van der Waals surface area contributed by atoms with Gasteiger partial charge in [0.1, 0.15) is 4.88 Å². The molecule has 22 heavy (non-hydrogen) atoms. The highest BCUT2D eigenvalue weighted by Crippen LogP contribution is 2.20. The number of thiazole rings is 1. The fourth-order valence-corrected chi connectivity index (χ4v) is 4.31. The first kappa shape index (κ1) is 17.3. The molecule has 0 aliphatic carbocycles. The standard InChI is InChI=1S/C13H21N3O4S2/c1-8-12(21-9(2)14-8)13(17)15-11-6-20-5-10(11)7-22(18,19)16(3)4/h10-11H,5-7H2,1-4H3,(H,15,17). The summed E-state index contributed by atoms with van der Waals surface area (Å²) in [6.07, 6.45) is 0. The number of sulfonamides is 1. The summed E-state index contributed by atoms with van der Waals surface area (Å²) in [4.78, 5) is 17.1. The number of rotatable bonds is 5. The quantitative estimate of drug-likeness (QED) is 0.833. The molecule has 2 atom stereocenters. The SMILES string of the molecule is Cc1nc(C)c(C(=O)NC2COCC2CS(=O)(=O)N(C)C)s1. The average Bonchev–Trinajstić information content (AvgIpc) is 2.95. The van der Waals surface area contributed by atoms with E-state index in [1.54, 1.807) is 6.92 Å². The topological polar surface area (TPSA) is 88.6 Å². The largest absolute Gasteiger partial charge is 0.379 e. The number of aromatic nitrogens is 1. The Kier molecular flexibility index (Phi) is 5.21. The number of aryl methyl sites for hydroxylation is 2. The summed E-state index contributed by atoms with van der Waals surface area (Å²) in [5.74, 6) is -0.498. The maximum Gasteiger partial charge on any atom is 0.263 e. The first-order valence-electron chi connectivity index (χ1n) is 6.93. The molecule has 9 heteroatoms. The zero-order valence-electron chi connectivity index (χ0n) is 13.1. The van der Waals surface area contributed by atoms with Crippen LogP contribution in [0.2, 0.25) is 0 Å². The fourth-order valence-electron chi connectivity index (χ4n) is 2.32. The molecule has 1 fully saturated rings. The van der Waals surface area contributed by atoms with Crippen LogP contribution in [0.15, 0.2) is 0 Å². The molecule has 2 unspecified atom stereocenters. The third-order valence-electron chi connectivity index (χ3n) is 3.61. The number of hydrogen-bond donors (Lipinski definition) is 1. The predicted molar refractivity (Wildman–Crippen MR) is 84.6 cm³/mol. The summed E-state index contributed by atoms with van der Waals surface area (Å²) in [6, 6.07) is -0.302. The normalized spacial score (nSPS) is 22.2. The van der Waals surface area contributed by atoms with E-state index in [4.69, 9.17) is 4.74 Å². The van der Waals surface area contributed by atoms with E-state index in [2.05, 4.69) is 10.3 Å². The molecule has 1 N–H and O–H groups in total. The number of amides is 1. The van der Waals surface area contributed by atoms with Gasteiger partial charge in [0, 0.05) is 20.0 Å². The number of hydrogen-bond acceptors (Lipinski definition) is 6. The zero-order valence-corrected chi connectivity index (χ0v) is 14.8. The molecule has 7 nitrogen and oxygen atoms in total. The lowest BCUT2D eigenvalue weighted by Gasteiger charge is -2.20. The highest BCUT2D eigenvalue weighted by molar-refractivity contribution is 7.89. The predicted octanol–water partition coefficient (Wildman–Crippen LogP) is 0.396. The van der Waals surface area contributed by atoms with Gasteiger partial charge in [0.25, 0.3) is 5.91 Å². The van der Waals surface area contributed by atoms with E-state index in [0.717, 1.165) is 5.01 Å². The number of carbonyl (C=O) groups excluding carboxylic acids is 1. The van der Waals surface area contributed by atoms with Crippen molar-refractivity contribution in [2.75, 3.05) is 33.1 Å². The van der Waals surface area contributed by atoms with Crippen LogP contribution in [-0.2, 0) is 14.8 Å². The Bertz CT molecular complexity index is 654. The molecule has 0 radical (unpaired) electrons. The van der Waals surface area contributed by atoms with Gasteiger partial charge in [-0.15, -0.1) is 11.3 Å². The smallest absolute Gasteiger partial charge is 0.263 e. The van der Waals surface area contributed by atoms with E-state index >= 15 is 0 Å². The highest BCUT2D eigenvalue weighted by Gasteiger charge is 2.34. The van der Waals surface area contributed by atoms with Crippen molar-refractivity contribution in [1.82, 2.24) is 14.6 Å². The molecule has 2 rings (SSSR count).